The molecule has 0 fully saturated rings. The first kappa shape index (κ1) is 16.6. The van der Waals surface area contributed by atoms with Gasteiger partial charge in [-0.1, -0.05) is 29.8 Å². The van der Waals surface area contributed by atoms with E-state index in [4.69, 9.17) is 11.6 Å². The van der Waals surface area contributed by atoms with Crippen LogP contribution in [-0.4, -0.2) is 33.3 Å². The van der Waals surface area contributed by atoms with Gasteiger partial charge in [0.25, 0.3) is 0 Å². The molecule has 0 aliphatic rings. The monoisotopic (exact) mass is 303 g/mol. The van der Waals surface area contributed by atoms with Gasteiger partial charge in [-0.25, -0.2) is 0 Å². The highest BCUT2D eigenvalue weighted by atomic mass is 35.5. The van der Waals surface area contributed by atoms with Crippen molar-refractivity contribution in [3.8, 4) is 0 Å². The predicted octanol–water partition coefficient (Wildman–Crippen LogP) is 2.34. The van der Waals surface area contributed by atoms with Crippen molar-refractivity contribution in [3.63, 3.8) is 0 Å². The summed E-state index contributed by atoms with van der Waals surface area (Å²) < 4.78 is 12.0. The number of aliphatic hydroxyl groups is 1. The van der Waals surface area contributed by atoms with E-state index in [0.717, 1.165) is 5.56 Å². The molecule has 3 nitrogen and oxygen atoms in total. The number of aliphatic hydroxyl groups excluding tert-OH is 1. The highest BCUT2D eigenvalue weighted by molar-refractivity contribution is 7.84. The van der Waals surface area contributed by atoms with E-state index in [9.17, 15) is 9.32 Å². The first-order chi connectivity index (χ1) is 8.78. The second-order valence-electron chi connectivity index (χ2n) is 5.63. The maximum absolute atomic E-state index is 12.0. The Morgan fingerprint density at radius 2 is 2.00 bits per heavy atom. The maximum Gasteiger partial charge on any atom is 0.0779 e. The lowest BCUT2D eigenvalue weighted by Crippen LogP contribution is -2.42. The van der Waals surface area contributed by atoms with E-state index >= 15 is 0 Å². The van der Waals surface area contributed by atoms with Gasteiger partial charge in [0.2, 0.25) is 0 Å². The molecule has 0 aromatic heterocycles. The molecule has 0 heterocycles. The maximum atomic E-state index is 12.0. The van der Waals surface area contributed by atoms with E-state index in [2.05, 4.69) is 5.32 Å². The Kier molecular flexibility index (Phi) is 6.47. The second-order valence-corrected chi connectivity index (χ2v) is 7.54. The minimum Gasteiger partial charge on any atom is -0.391 e. The number of rotatable bonds is 6. The summed E-state index contributed by atoms with van der Waals surface area (Å²) in [7, 11) is -1.11. The number of hydrogen-bond acceptors (Lipinski definition) is 3. The number of β-amino-alcohol motifs (C(OH)–C–C–N with tert-alkyl or cyclic N) is 1. The van der Waals surface area contributed by atoms with E-state index in [1.807, 2.05) is 39.0 Å². The van der Waals surface area contributed by atoms with Crippen LogP contribution in [0.5, 0.6) is 0 Å². The van der Waals surface area contributed by atoms with Gasteiger partial charge < -0.3 is 10.4 Å². The van der Waals surface area contributed by atoms with Crippen LogP contribution in [0.3, 0.4) is 0 Å². The van der Waals surface area contributed by atoms with Crippen LogP contribution in [0.1, 0.15) is 26.3 Å². The average Bonchev–Trinajstić information content (AvgIpc) is 2.29. The molecule has 5 heteroatoms. The SMILES string of the molecule is CC(C)(C)NCC(O)CS(=O)Cc1ccccc1Cl. The molecule has 108 valence electrons. The van der Waals surface area contributed by atoms with Crippen LogP contribution < -0.4 is 5.32 Å². The number of halogens is 1. The molecule has 0 saturated carbocycles. The van der Waals surface area contributed by atoms with Crippen molar-refractivity contribution in [1.29, 1.82) is 0 Å². The first-order valence-electron chi connectivity index (χ1n) is 6.29. The number of nitrogens with one attached hydrogen (secondary N) is 1. The first-order valence-corrected chi connectivity index (χ1v) is 8.16. The summed E-state index contributed by atoms with van der Waals surface area (Å²) in [6, 6.07) is 7.36. The van der Waals surface area contributed by atoms with Crippen LogP contribution in [0.2, 0.25) is 5.02 Å². The molecule has 1 rings (SSSR count). The zero-order valence-electron chi connectivity index (χ0n) is 11.6. The van der Waals surface area contributed by atoms with E-state index in [1.54, 1.807) is 6.07 Å². The molecule has 0 aliphatic carbocycles. The van der Waals surface area contributed by atoms with E-state index in [0.29, 0.717) is 17.3 Å². The summed E-state index contributed by atoms with van der Waals surface area (Å²) in [6.07, 6.45) is -0.609. The fraction of sp³-hybridized carbons (Fsp3) is 0.571. The largest absolute Gasteiger partial charge is 0.391 e. The summed E-state index contributed by atoms with van der Waals surface area (Å²) in [6.45, 7) is 6.53. The van der Waals surface area contributed by atoms with Gasteiger partial charge in [-0.2, -0.15) is 0 Å². The highest BCUT2D eigenvalue weighted by Gasteiger charge is 2.15. The zero-order chi connectivity index (χ0) is 14.5. The fourth-order valence-corrected chi connectivity index (χ4v) is 3.09. The standard InChI is InChI=1S/C14H22ClNO2S/c1-14(2,3)16-8-12(17)10-19(18)9-11-6-4-5-7-13(11)15/h4-7,12,16-17H,8-10H2,1-3H3. The molecule has 19 heavy (non-hydrogen) atoms. The van der Waals surface area contributed by atoms with Crippen molar-refractivity contribution in [2.24, 2.45) is 0 Å². The number of benzene rings is 1. The molecule has 0 bridgehead atoms. The van der Waals surface area contributed by atoms with Crippen molar-refractivity contribution in [2.45, 2.75) is 38.2 Å². The van der Waals surface area contributed by atoms with Gasteiger partial charge >= 0.3 is 0 Å². The minimum atomic E-state index is -1.11. The van der Waals surface area contributed by atoms with E-state index < -0.39 is 16.9 Å². The number of hydrogen-bond donors (Lipinski definition) is 2. The third-order valence-electron chi connectivity index (χ3n) is 2.52. The van der Waals surface area contributed by atoms with E-state index in [-0.39, 0.29) is 11.3 Å². The minimum absolute atomic E-state index is 0.0504. The third-order valence-corrected chi connectivity index (χ3v) is 4.28. The van der Waals surface area contributed by atoms with Gasteiger partial charge in [0, 0.05) is 27.9 Å². The molecule has 0 amide bonds. The van der Waals surface area contributed by atoms with Gasteiger partial charge in [-0.3, -0.25) is 4.21 Å². The van der Waals surface area contributed by atoms with Gasteiger partial charge in [0.15, 0.2) is 0 Å². The zero-order valence-corrected chi connectivity index (χ0v) is 13.2. The van der Waals surface area contributed by atoms with Gasteiger partial charge in [-0.15, -0.1) is 0 Å². The van der Waals surface area contributed by atoms with Gasteiger partial charge in [-0.05, 0) is 32.4 Å². The molecular formula is C14H22ClNO2S. The summed E-state index contributed by atoms with van der Waals surface area (Å²) >= 11 is 6.02. The lowest BCUT2D eigenvalue weighted by atomic mass is 10.1. The Morgan fingerprint density at radius 1 is 1.37 bits per heavy atom. The second kappa shape index (κ2) is 7.39. The van der Waals surface area contributed by atoms with Crippen LogP contribution in [0.4, 0.5) is 0 Å². The van der Waals surface area contributed by atoms with Crippen molar-refractivity contribution in [1.82, 2.24) is 5.32 Å². The third kappa shape index (κ3) is 7.06. The molecule has 0 aliphatic heterocycles. The molecule has 1 aromatic carbocycles. The Labute approximate surface area is 122 Å². The summed E-state index contributed by atoms with van der Waals surface area (Å²) in [5, 5.41) is 13.7. The molecule has 1 aromatic rings. The lowest BCUT2D eigenvalue weighted by Gasteiger charge is -2.22. The normalized spacial score (nSPS) is 15.2. The molecule has 0 saturated heterocycles. The van der Waals surface area contributed by atoms with Crippen LogP contribution in [0.25, 0.3) is 0 Å². The molecule has 0 radical (unpaired) electrons. The Hall–Kier alpha value is -0.420. The predicted molar refractivity (Wildman–Crippen MR) is 81.9 cm³/mol. The lowest BCUT2D eigenvalue weighted by molar-refractivity contribution is 0.182. The quantitative estimate of drug-likeness (QED) is 0.848. The van der Waals surface area contributed by atoms with Crippen molar-refractivity contribution in [2.75, 3.05) is 12.3 Å². The molecule has 2 unspecified atom stereocenters. The Morgan fingerprint density at radius 3 is 2.58 bits per heavy atom. The summed E-state index contributed by atoms with van der Waals surface area (Å²) in [5.41, 5.74) is 0.809. The van der Waals surface area contributed by atoms with E-state index in [1.165, 1.54) is 0 Å². The molecule has 2 N–H and O–H groups in total. The highest BCUT2D eigenvalue weighted by Crippen LogP contribution is 2.16. The van der Waals surface area contributed by atoms with Crippen molar-refractivity contribution in [3.05, 3.63) is 34.9 Å². The Balaban J connectivity index is 2.41. The van der Waals surface area contributed by atoms with Crippen LogP contribution in [0.15, 0.2) is 24.3 Å². The molecule has 0 spiro atoms. The average molecular weight is 304 g/mol. The van der Waals surface area contributed by atoms with Crippen molar-refractivity contribution >= 4 is 22.4 Å². The molecule has 2 atom stereocenters. The Bertz CT molecular complexity index is 432. The van der Waals surface area contributed by atoms with Gasteiger partial charge in [0.1, 0.15) is 0 Å². The van der Waals surface area contributed by atoms with Crippen molar-refractivity contribution < 1.29 is 9.32 Å². The van der Waals surface area contributed by atoms with Gasteiger partial charge in [0.05, 0.1) is 17.6 Å². The van der Waals surface area contributed by atoms with Crippen LogP contribution in [0, 0.1) is 0 Å². The summed E-state index contributed by atoms with van der Waals surface area (Å²) in [5.74, 6) is 0.639. The topological polar surface area (TPSA) is 49.3 Å². The van der Waals surface area contributed by atoms with Crippen LogP contribution in [-0.2, 0) is 16.6 Å². The molecular weight excluding hydrogens is 282 g/mol. The summed E-state index contributed by atoms with van der Waals surface area (Å²) in [4.78, 5) is 0. The smallest absolute Gasteiger partial charge is 0.0779 e. The van der Waals surface area contributed by atoms with Crippen LogP contribution >= 0.6 is 11.6 Å². The fourth-order valence-electron chi connectivity index (χ4n) is 1.55.